The van der Waals surface area contributed by atoms with Gasteiger partial charge in [0.05, 0.1) is 15.5 Å². The smallest absolute Gasteiger partial charge is 0.271 e. The summed E-state index contributed by atoms with van der Waals surface area (Å²) >= 11 is 0. The summed E-state index contributed by atoms with van der Waals surface area (Å²) in [7, 11) is -3.74. The highest BCUT2D eigenvalue weighted by Gasteiger charge is 2.29. The maximum atomic E-state index is 12.7. The third-order valence-electron chi connectivity index (χ3n) is 5.38. The molecule has 1 aliphatic heterocycles. The molecule has 1 N–H and O–H groups in total. The van der Waals surface area contributed by atoms with E-state index in [0.717, 1.165) is 35.2 Å². The van der Waals surface area contributed by atoms with Gasteiger partial charge < -0.3 is 0 Å². The van der Waals surface area contributed by atoms with E-state index in [2.05, 4.69) is 10.5 Å². The van der Waals surface area contributed by atoms with Crippen molar-refractivity contribution in [2.45, 2.75) is 24.7 Å². The minimum Gasteiger partial charge on any atom is -0.271 e. The van der Waals surface area contributed by atoms with Gasteiger partial charge in [0.25, 0.3) is 5.69 Å². The first kappa shape index (κ1) is 21.0. The molecule has 0 amide bonds. The SMILES string of the molecule is CC(=NNc1ccc(S(=O)(=O)N2CCCC2)cc1[N+](=O)[O-])c1ccc2ccccc2c1. The summed E-state index contributed by atoms with van der Waals surface area (Å²) in [6.07, 6.45) is 1.59. The van der Waals surface area contributed by atoms with Crippen molar-refractivity contribution < 1.29 is 13.3 Å². The Morgan fingerprint density at radius 2 is 1.74 bits per heavy atom. The van der Waals surface area contributed by atoms with E-state index < -0.39 is 14.9 Å². The quantitative estimate of drug-likeness (QED) is 0.350. The van der Waals surface area contributed by atoms with Crippen LogP contribution < -0.4 is 5.43 Å². The fourth-order valence-corrected chi connectivity index (χ4v) is 5.16. The Bertz CT molecular complexity index is 1280. The van der Waals surface area contributed by atoms with Crippen molar-refractivity contribution in [1.82, 2.24) is 4.31 Å². The minimum atomic E-state index is -3.74. The van der Waals surface area contributed by atoms with Gasteiger partial charge in [0.2, 0.25) is 10.0 Å². The van der Waals surface area contributed by atoms with Crippen LogP contribution in [0.2, 0.25) is 0 Å². The van der Waals surface area contributed by atoms with Gasteiger partial charge in [0.15, 0.2) is 0 Å². The van der Waals surface area contributed by atoms with Gasteiger partial charge in [-0.05, 0) is 54.3 Å². The molecule has 0 aromatic heterocycles. The highest BCUT2D eigenvalue weighted by atomic mass is 32.2. The number of hydrazone groups is 1. The zero-order valence-corrected chi connectivity index (χ0v) is 17.8. The van der Waals surface area contributed by atoms with Crippen LogP contribution in [0.25, 0.3) is 10.8 Å². The van der Waals surface area contributed by atoms with E-state index in [0.29, 0.717) is 18.8 Å². The van der Waals surface area contributed by atoms with Crippen LogP contribution in [0.1, 0.15) is 25.3 Å². The summed E-state index contributed by atoms with van der Waals surface area (Å²) in [5.74, 6) is 0. The average Bonchev–Trinajstić information content (AvgIpc) is 3.33. The lowest BCUT2D eigenvalue weighted by atomic mass is 10.0. The van der Waals surface area contributed by atoms with Crippen molar-refractivity contribution in [1.29, 1.82) is 0 Å². The monoisotopic (exact) mass is 438 g/mol. The number of hydrogen-bond acceptors (Lipinski definition) is 6. The number of rotatable bonds is 6. The number of anilines is 1. The van der Waals surface area contributed by atoms with Crippen molar-refractivity contribution in [3.8, 4) is 0 Å². The zero-order valence-electron chi connectivity index (χ0n) is 17.0. The van der Waals surface area contributed by atoms with Crippen LogP contribution in [0.3, 0.4) is 0 Å². The second kappa shape index (κ2) is 8.44. The highest BCUT2D eigenvalue weighted by molar-refractivity contribution is 7.89. The Labute approximate surface area is 180 Å². The normalized spacial score (nSPS) is 15.3. The number of nitro benzene ring substituents is 1. The Kier molecular flexibility index (Phi) is 5.71. The molecule has 3 aromatic rings. The lowest BCUT2D eigenvalue weighted by Gasteiger charge is -2.15. The Morgan fingerprint density at radius 1 is 1.03 bits per heavy atom. The van der Waals surface area contributed by atoms with Crippen molar-refractivity contribution >= 4 is 37.9 Å². The summed E-state index contributed by atoms with van der Waals surface area (Å²) in [6.45, 7) is 2.67. The van der Waals surface area contributed by atoms with Gasteiger partial charge in [-0.2, -0.15) is 9.41 Å². The van der Waals surface area contributed by atoms with Crippen LogP contribution in [0.4, 0.5) is 11.4 Å². The first-order valence-electron chi connectivity index (χ1n) is 9.94. The number of nitrogens with one attached hydrogen (secondary N) is 1. The molecule has 9 heteroatoms. The molecule has 0 bridgehead atoms. The number of nitrogens with zero attached hydrogens (tertiary/aromatic N) is 3. The third kappa shape index (κ3) is 4.28. The zero-order chi connectivity index (χ0) is 22.0. The predicted octanol–water partition coefficient (Wildman–Crippen LogP) is 4.37. The van der Waals surface area contributed by atoms with Crippen LogP contribution in [0.5, 0.6) is 0 Å². The number of nitro groups is 1. The topological polar surface area (TPSA) is 105 Å². The second-order valence-corrected chi connectivity index (χ2v) is 9.36. The summed E-state index contributed by atoms with van der Waals surface area (Å²) < 4.78 is 26.8. The molecule has 31 heavy (non-hydrogen) atoms. The van der Waals surface area contributed by atoms with Crippen LogP contribution in [0, 0.1) is 10.1 Å². The minimum absolute atomic E-state index is 0.0816. The number of benzene rings is 3. The van der Waals surface area contributed by atoms with Gasteiger partial charge in [-0.3, -0.25) is 15.5 Å². The van der Waals surface area contributed by atoms with Crippen molar-refractivity contribution in [2.75, 3.05) is 18.5 Å². The molecule has 8 nitrogen and oxygen atoms in total. The summed E-state index contributed by atoms with van der Waals surface area (Å²) in [5, 5.41) is 18.1. The van der Waals surface area contributed by atoms with E-state index in [9.17, 15) is 18.5 Å². The fraction of sp³-hybridized carbons (Fsp3) is 0.227. The second-order valence-electron chi connectivity index (χ2n) is 7.42. The molecule has 3 aromatic carbocycles. The first-order chi connectivity index (χ1) is 14.9. The molecule has 0 unspecified atom stereocenters. The molecule has 1 heterocycles. The molecule has 4 rings (SSSR count). The van der Waals surface area contributed by atoms with Crippen molar-refractivity contribution in [2.24, 2.45) is 5.10 Å². The molecule has 1 aliphatic rings. The molecular weight excluding hydrogens is 416 g/mol. The van der Waals surface area contributed by atoms with E-state index in [4.69, 9.17) is 0 Å². The lowest BCUT2D eigenvalue weighted by molar-refractivity contribution is -0.384. The molecule has 0 aliphatic carbocycles. The fourth-order valence-electron chi connectivity index (χ4n) is 3.62. The molecule has 0 atom stereocenters. The van der Waals surface area contributed by atoms with Gasteiger partial charge >= 0.3 is 0 Å². The van der Waals surface area contributed by atoms with Gasteiger partial charge in [-0.1, -0.05) is 36.4 Å². The molecular formula is C22H22N4O4S. The molecule has 0 spiro atoms. The van der Waals surface area contributed by atoms with Crippen LogP contribution in [-0.2, 0) is 10.0 Å². The van der Waals surface area contributed by atoms with Gasteiger partial charge in [0, 0.05) is 19.2 Å². The van der Waals surface area contributed by atoms with Crippen LogP contribution in [0.15, 0.2) is 70.7 Å². The molecule has 160 valence electrons. The molecule has 1 fully saturated rings. The van der Waals surface area contributed by atoms with E-state index in [1.807, 2.05) is 42.5 Å². The molecule has 0 saturated carbocycles. The van der Waals surface area contributed by atoms with Crippen molar-refractivity contribution in [3.63, 3.8) is 0 Å². The maximum Gasteiger partial charge on any atom is 0.295 e. The average molecular weight is 439 g/mol. The van der Waals surface area contributed by atoms with E-state index in [-0.39, 0.29) is 16.3 Å². The Morgan fingerprint density at radius 3 is 2.45 bits per heavy atom. The van der Waals surface area contributed by atoms with E-state index >= 15 is 0 Å². The number of hydrogen-bond donors (Lipinski definition) is 1. The van der Waals surface area contributed by atoms with E-state index in [1.165, 1.54) is 16.4 Å². The van der Waals surface area contributed by atoms with E-state index in [1.54, 1.807) is 6.92 Å². The first-order valence-corrected chi connectivity index (χ1v) is 11.4. The largest absolute Gasteiger partial charge is 0.295 e. The Hall–Kier alpha value is -3.30. The van der Waals surface area contributed by atoms with Crippen LogP contribution in [-0.4, -0.2) is 36.4 Å². The standard InChI is InChI=1S/C22H22N4O4S/c1-16(18-9-8-17-6-2-3-7-19(17)14-18)23-24-21-11-10-20(15-22(21)26(27)28)31(29,30)25-12-4-5-13-25/h2-3,6-11,14-15,24H,4-5,12-13H2,1H3. The highest BCUT2D eigenvalue weighted by Crippen LogP contribution is 2.30. The number of sulfonamides is 1. The van der Waals surface area contributed by atoms with Gasteiger partial charge in [-0.15, -0.1) is 0 Å². The molecule has 0 radical (unpaired) electrons. The molecule has 1 saturated heterocycles. The number of fused-ring (bicyclic) bond motifs is 1. The Balaban J connectivity index is 1.62. The summed E-state index contributed by atoms with van der Waals surface area (Å²) in [5.41, 5.74) is 4.04. The predicted molar refractivity (Wildman–Crippen MR) is 121 cm³/mol. The summed E-state index contributed by atoms with van der Waals surface area (Å²) in [4.78, 5) is 10.9. The van der Waals surface area contributed by atoms with Crippen molar-refractivity contribution in [3.05, 3.63) is 76.3 Å². The summed E-state index contributed by atoms with van der Waals surface area (Å²) in [6, 6.07) is 17.7. The van der Waals surface area contributed by atoms with Gasteiger partial charge in [0.1, 0.15) is 5.69 Å². The van der Waals surface area contributed by atoms with Gasteiger partial charge in [-0.25, -0.2) is 8.42 Å². The lowest BCUT2D eigenvalue weighted by Crippen LogP contribution is -2.27. The van der Waals surface area contributed by atoms with Crippen LogP contribution >= 0.6 is 0 Å². The maximum absolute atomic E-state index is 12.7. The third-order valence-corrected chi connectivity index (χ3v) is 7.27.